The smallest absolute Gasteiger partial charge is 0.243 e. The Morgan fingerprint density at radius 3 is 2.35 bits per heavy atom. The predicted octanol–water partition coefficient (Wildman–Crippen LogP) is 1.10. The second kappa shape index (κ2) is 7.78. The van der Waals surface area contributed by atoms with Crippen LogP contribution in [0.5, 0.6) is 0 Å². The third-order valence-corrected chi connectivity index (χ3v) is 6.80. The van der Waals surface area contributed by atoms with Crippen LogP contribution in [0.4, 0.5) is 5.13 Å². The number of hydrogen-bond acceptors (Lipinski definition) is 7. The summed E-state index contributed by atoms with van der Waals surface area (Å²) in [6.45, 7) is 5.69. The number of aromatic nitrogens is 2. The van der Waals surface area contributed by atoms with Crippen LogP contribution in [0.3, 0.4) is 0 Å². The van der Waals surface area contributed by atoms with Gasteiger partial charge in [0.1, 0.15) is 5.01 Å². The van der Waals surface area contributed by atoms with Crippen LogP contribution in [0.2, 0.25) is 0 Å². The molecule has 1 aromatic heterocycles. The number of sulfonamides is 1. The molecule has 10 heteroatoms. The van der Waals surface area contributed by atoms with Crippen molar-refractivity contribution < 1.29 is 13.2 Å². The minimum Gasteiger partial charge on any atom is -0.299 e. The number of anilines is 1. The Labute approximate surface area is 156 Å². The van der Waals surface area contributed by atoms with E-state index in [0.29, 0.717) is 36.2 Å². The van der Waals surface area contributed by atoms with E-state index in [4.69, 9.17) is 0 Å². The van der Waals surface area contributed by atoms with Crippen molar-refractivity contribution in [3.8, 4) is 0 Å². The van der Waals surface area contributed by atoms with Crippen LogP contribution < -0.4 is 5.32 Å². The van der Waals surface area contributed by atoms with Gasteiger partial charge in [-0.25, -0.2) is 8.42 Å². The molecule has 0 atom stereocenters. The van der Waals surface area contributed by atoms with E-state index < -0.39 is 10.0 Å². The lowest BCUT2D eigenvalue weighted by Crippen LogP contribution is -2.50. The number of carbonyl (C=O) groups excluding carboxylic acids is 1. The number of amides is 1. The normalized spacial score (nSPS) is 16.5. The molecule has 1 N–H and O–H groups in total. The standard InChI is InChI=1S/C16H21N5O3S2/c1-12-3-5-14(6-4-12)26(23,24)21-9-7-20(8-10-21)11-15(22)17-16-19-18-13(2)25-16/h3-6H,7-11H2,1-2H3,(H,17,19,22). The first-order chi connectivity index (χ1) is 12.3. The van der Waals surface area contributed by atoms with Crippen molar-refractivity contribution in [3.63, 3.8) is 0 Å². The number of benzene rings is 1. The fraction of sp³-hybridized carbons (Fsp3) is 0.438. The van der Waals surface area contributed by atoms with Crippen molar-refractivity contribution in [3.05, 3.63) is 34.8 Å². The van der Waals surface area contributed by atoms with E-state index in [9.17, 15) is 13.2 Å². The van der Waals surface area contributed by atoms with Crippen molar-refractivity contribution in [1.82, 2.24) is 19.4 Å². The topological polar surface area (TPSA) is 95.5 Å². The third kappa shape index (κ3) is 4.44. The Morgan fingerprint density at radius 2 is 1.77 bits per heavy atom. The molecule has 0 saturated carbocycles. The molecule has 1 fully saturated rings. The van der Waals surface area contributed by atoms with Crippen LogP contribution in [0, 0.1) is 13.8 Å². The van der Waals surface area contributed by atoms with Gasteiger partial charge in [-0.3, -0.25) is 15.0 Å². The number of aryl methyl sites for hydroxylation is 2. The molecule has 3 rings (SSSR count). The van der Waals surface area contributed by atoms with Crippen LogP contribution in [0.25, 0.3) is 0 Å². The highest BCUT2D eigenvalue weighted by Gasteiger charge is 2.29. The Morgan fingerprint density at radius 1 is 1.12 bits per heavy atom. The molecule has 140 valence electrons. The lowest BCUT2D eigenvalue weighted by atomic mass is 10.2. The molecular formula is C16H21N5O3S2. The Kier molecular flexibility index (Phi) is 5.66. The molecule has 2 aromatic rings. The van der Waals surface area contributed by atoms with Crippen molar-refractivity contribution in [2.45, 2.75) is 18.7 Å². The summed E-state index contributed by atoms with van der Waals surface area (Å²) in [4.78, 5) is 14.3. The molecule has 2 heterocycles. The molecule has 0 radical (unpaired) electrons. The predicted molar refractivity (Wildman–Crippen MR) is 99.7 cm³/mol. The van der Waals surface area contributed by atoms with Gasteiger partial charge in [0, 0.05) is 26.2 Å². The molecule has 0 aliphatic carbocycles. The maximum Gasteiger partial charge on any atom is 0.243 e. The van der Waals surface area contributed by atoms with E-state index in [2.05, 4.69) is 15.5 Å². The summed E-state index contributed by atoms with van der Waals surface area (Å²) >= 11 is 1.32. The molecule has 0 bridgehead atoms. The van der Waals surface area contributed by atoms with Crippen LogP contribution in [-0.2, 0) is 14.8 Å². The number of nitrogens with zero attached hydrogens (tertiary/aromatic N) is 4. The highest BCUT2D eigenvalue weighted by Crippen LogP contribution is 2.18. The van der Waals surface area contributed by atoms with E-state index in [1.54, 1.807) is 24.3 Å². The zero-order valence-corrected chi connectivity index (χ0v) is 16.3. The van der Waals surface area contributed by atoms with Gasteiger partial charge in [-0.1, -0.05) is 29.0 Å². The summed E-state index contributed by atoms with van der Waals surface area (Å²) in [5.41, 5.74) is 1.02. The Hall–Kier alpha value is -1.88. The molecule has 1 aliphatic heterocycles. The number of hydrogen-bond donors (Lipinski definition) is 1. The van der Waals surface area contributed by atoms with Gasteiger partial charge >= 0.3 is 0 Å². The van der Waals surface area contributed by atoms with Gasteiger partial charge in [-0.15, -0.1) is 10.2 Å². The van der Waals surface area contributed by atoms with Gasteiger partial charge in [0.15, 0.2) is 0 Å². The van der Waals surface area contributed by atoms with Crippen LogP contribution in [0.15, 0.2) is 29.2 Å². The zero-order chi connectivity index (χ0) is 18.7. The fourth-order valence-electron chi connectivity index (χ4n) is 2.70. The van der Waals surface area contributed by atoms with Crippen molar-refractivity contribution in [2.75, 3.05) is 38.0 Å². The molecule has 1 aliphatic rings. The molecule has 26 heavy (non-hydrogen) atoms. The number of piperazine rings is 1. The van der Waals surface area contributed by atoms with Crippen molar-refractivity contribution >= 4 is 32.4 Å². The average molecular weight is 396 g/mol. The highest BCUT2D eigenvalue weighted by atomic mass is 32.2. The first-order valence-corrected chi connectivity index (χ1v) is 10.5. The number of rotatable bonds is 5. The summed E-state index contributed by atoms with van der Waals surface area (Å²) in [6.07, 6.45) is 0. The van der Waals surface area contributed by atoms with Crippen LogP contribution in [-0.4, -0.2) is 66.5 Å². The monoisotopic (exact) mass is 395 g/mol. The van der Waals surface area contributed by atoms with E-state index in [0.717, 1.165) is 10.6 Å². The van der Waals surface area contributed by atoms with Gasteiger partial charge in [-0.2, -0.15) is 4.31 Å². The quantitative estimate of drug-likeness (QED) is 0.815. The Balaban J connectivity index is 1.53. The van der Waals surface area contributed by atoms with Crippen LogP contribution >= 0.6 is 11.3 Å². The molecule has 1 saturated heterocycles. The minimum atomic E-state index is -3.49. The maximum atomic E-state index is 12.7. The fourth-order valence-corrected chi connectivity index (χ4v) is 4.73. The number of nitrogens with one attached hydrogen (secondary N) is 1. The highest BCUT2D eigenvalue weighted by molar-refractivity contribution is 7.89. The largest absolute Gasteiger partial charge is 0.299 e. The van der Waals surface area contributed by atoms with Crippen LogP contribution in [0.1, 0.15) is 10.6 Å². The van der Waals surface area contributed by atoms with Gasteiger partial charge in [-0.05, 0) is 26.0 Å². The Bertz CT molecular complexity index is 872. The van der Waals surface area contributed by atoms with Crippen molar-refractivity contribution in [2.24, 2.45) is 0 Å². The summed E-state index contributed by atoms with van der Waals surface area (Å²) in [6, 6.07) is 6.86. The van der Waals surface area contributed by atoms with Gasteiger partial charge in [0.05, 0.1) is 11.4 Å². The lowest BCUT2D eigenvalue weighted by Gasteiger charge is -2.33. The SMILES string of the molecule is Cc1ccc(S(=O)(=O)N2CCN(CC(=O)Nc3nnc(C)s3)CC2)cc1. The van der Waals surface area contributed by atoms with E-state index >= 15 is 0 Å². The van der Waals surface area contributed by atoms with E-state index in [-0.39, 0.29) is 12.5 Å². The zero-order valence-electron chi connectivity index (χ0n) is 14.7. The maximum absolute atomic E-state index is 12.7. The second-order valence-corrected chi connectivity index (χ2v) is 9.29. The third-order valence-electron chi connectivity index (χ3n) is 4.13. The average Bonchev–Trinajstić information content (AvgIpc) is 3.00. The van der Waals surface area contributed by atoms with Crippen molar-refractivity contribution in [1.29, 1.82) is 0 Å². The molecule has 1 aromatic carbocycles. The summed E-state index contributed by atoms with van der Waals surface area (Å²) in [5.74, 6) is -0.170. The summed E-state index contributed by atoms with van der Waals surface area (Å²) < 4.78 is 26.8. The van der Waals surface area contributed by atoms with E-state index in [1.165, 1.54) is 15.6 Å². The molecule has 0 unspecified atom stereocenters. The summed E-state index contributed by atoms with van der Waals surface area (Å²) in [5, 5.41) is 11.7. The minimum absolute atomic E-state index is 0.170. The summed E-state index contributed by atoms with van der Waals surface area (Å²) in [7, 11) is -3.49. The lowest BCUT2D eigenvalue weighted by molar-refractivity contribution is -0.117. The van der Waals surface area contributed by atoms with Gasteiger partial charge in [0.2, 0.25) is 21.1 Å². The first kappa shape index (κ1) is 18.9. The first-order valence-electron chi connectivity index (χ1n) is 8.24. The molecule has 1 amide bonds. The van der Waals surface area contributed by atoms with Gasteiger partial charge in [0.25, 0.3) is 0 Å². The molecule has 0 spiro atoms. The second-order valence-electron chi connectivity index (χ2n) is 6.17. The number of carbonyl (C=O) groups is 1. The molecular weight excluding hydrogens is 374 g/mol. The molecule has 8 nitrogen and oxygen atoms in total. The van der Waals surface area contributed by atoms with Gasteiger partial charge < -0.3 is 0 Å². The van der Waals surface area contributed by atoms with E-state index in [1.807, 2.05) is 18.7 Å².